The summed E-state index contributed by atoms with van der Waals surface area (Å²) in [7, 11) is 0. The Morgan fingerprint density at radius 3 is 2.60 bits per heavy atom. The van der Waals surface area contributed by atoms with Crippen LogP contribution >= 0.6 is 23.8 Å². The van der Waals surface area contributed by atoms with Gasteiger partial charge < -0.3 is 20.1 Å². The van der Waals surface area contributed by atoms with Crippen molar-refractivity contribution in [1.29, 1.82) is 0 Å². The highest BCUT2D eigenvalue weighted by molar-refractivity contribution is 7.80. The van der Waals surface area contributed by atoms with E-state index in [0.29, 0.717) is 34.5 Å². The van der Waals surface area contributed by atoms with E-state index in [2.05, 4.69) is 30.5 Å². The lowest BCUT2D eigenvalue weighted by atomic mass is 9.76. The molecule has 0 bridgehead atoms. The van der Waals surface area contributed by atoms with Crippen molar-refractivity contribution in [3.05, 3.63) is 58.1 Å². The molecule has 0 radical (unpaired) electrons. The number of halogens is 1. The molecule has 5 nitrogen and oxygen atoms in total. The first kappa shape index (κ1) is 20.9. The fourth-order valence-electron chi connectivity index (χ4n) is 4.61. The van der Waals surface area contributed by atoms with Gasteiger partial charge in [-0.2, -0.15) is 0 Å². The first-order valence-corrected chi connectivity index (χ1v) is 10.7. The molecule has 2 unspecified atom stereocenters. The van der Waals surface area contributed by atoms with E-state index in [-0.39, 0.29) is 17.4 Å². The topological polar surface area (TPSA) is 59.6 Å². The molecule has 2 heterocycles. The van der Waals surface area contributed by atoms with E-state index < -0.39 is 5.72 Å². The maximum atomic E-state index is 11.6. The molecule has 158 valence electrons. The van der Waals surface area contributed by atoms with Gasteiger partial charge in [0.25, 0.3) is 0 Å². The van der Waals surface area contributed by atoms with E-state index in [9.17, 15) is 4.79 Å². The molecule has 0 aromatic heterocycles. The van der Waals surface area contributed by atoms with Gasteiger partial charge in [0.05, 0.1) is 0 Å². The monoisotopic (exact) mass is 444 g/mol. The van der Waals surface area contributed by atoms with Gasteiger partial charge in [0.1, 0.15) is 11.5 Å². The Hall–Kier alpha value is -2.31. The molecule has 1 fully saturated rings. The van der Waals surface area contributed by atoms with Gasteiger partial charge in [-0.15, -0.1) is 0 Å². The van der Waals surface area contributed by atoms with Crippen LogP contribution in [0.3, 0.4) is 0 Å². The quantitative estimate of drug-likeness (QED) is 0.393. The Morgan fingerprint density at radius 2 is 1.93 bits per heavy atom. The lowest BCUT2D eigenvalue weighted by molar-refractivity contribution is -0.131. The Balaban J connectivity index is 1.88. The van der Waals surface area contributed by atoms with Gasteiger partial charge in [-0.25, -0.2) is 0 Å². The number of fused-ring (bicyclic) bond motifs is 1. The van der Waals surface area contributed by atoms with E-state index >= 15 is 0 Å². The van der Waals surface area contributed by atoms with Gasteiger partial charge in [-0.05, 0) is 50.7 Å². The van der Waals surface area contributed by atoms with Gasteiger partial charge in [0, 0.05) is 47.4 Å². The van der Waals surface area contributed by atoms with Crippen molar-refractivity contribution in [2.24, 2.45) is 0 Å². The van der Waals surface area contributed by atoms with Crippen LogP contribution in [0.5, 0.6) is 11.5 Å². The maximum absolute atomic E-state index is 11.6. The summed E-state index contributed by atoms with van der Waals surface area (Å²) in [5.74, 6) is 0.829. The number of thiocarbonyl (C=S) groups is 1. The van der Waals surface area contributed by atoms with Crippen LogP contribution in [-0.4, -0.2) is 22.3 Å². The molecule has 30 heavy (non-hydrogen) atoms. The summed E-state index contributed by atoms with van der Waals surface area (Å²) < 4.78 is 12.0. The fraction of sp³-hybridized carbons (Fsp3) is 0.391. The summed E-state index contributed by atoms with van der Waals surface area (Å²) in [6, 6.07) is 11.7. The molecule has 7 heteroatoms. The largest absolute Gasteiger partial charge is 0.467 e. The molecule has 2 aliphatic rings. The minimum atomic E-state index is -0.706. The Bertz CT molecular complexity index is 1040. The van der Waals surface area contributed by atoms with Crippen LogP contribution < -0.4 is 20.1 Å². The smallest absolute Gasteiger partial charge is 0.308 e. The molecule has 0 saturated carbocycles. The number of esters is 1. The number of ether oxygens (including phenoxy) is 2. The van der Waals surface area contributed by atoms with Gasteiger partial charge >= 0.3 is 5.97 Å². The van der Waals surface area contributed by atoms with E-state index in [1.165, 1.54) is 6.92 Å². The van der Waals surface area contributed by atoms with Gasteiger partial charge in [-0.3, -0.25) is 4.79 Å². The summed E-state index contributed by atoms with van der Waals surface area (Å²) in [6.45, 7) is 7.51. The minimum absolute atomic E-state index is 0.00303. The van der Waals surface area contributed by atoms with Crippen molar-refractivity contribution < 1.29 is 14.3 Å². The van der Waals surface area contributed by atoms with Gasteiger partial charge in [0.2, 0.25) is 0 Å². The second-order valence-electron chi connectivity index (χ2n) is 8.72. The molecule has 2 aliphatic heterocycles. The third kappa shape index (κ3) is 3.86. The first-order valence-electron chi connectivity index (χ1n) is 9.95. The molecular weight excluding hydrogens is 420 g/mol. The van der Waals surface area contributed by atoms with Crippen molar-refractivity contribution >= 4 is 34.9 Å². The van der Waals surface area contributed by atoms with Gasteiger partial charge in [0.15, 0.2) is 10.8 Å². The lowest BCUT2D eigenvalue weighted by Crippen LogP contribution is -2.69. The second kappa shape index (κ2) is 7.43. The van der Waals surface area contributed by atoms with Crippen molar-refractivity contribution in [2.45, 2.75) is 57.7 Å². The number of hydrogen-bond donors (Lipinski definition) is 2. The van der Waals surface area contributed by atoms with Crippen LogP contribution in [0, 0.1) is 6.92 Å². The summed E-state index contributed by atoms with van der Waals surface area (Å²) in [6.07, 6.45) is 1.36. The number of rotatable bonds is 2. The third-order valence-corrected chi connectivity index (χ3v) is 6.20. The predicted molar refractivity (Wildman–Crippen MR) is 121 cm³/mol. The fourth-order valence-corrected chi connectivity index (χ4v) is 5.34. The summed E-state index contributed by atoms with van der Waals surface area (Å²) >= 11 is 12.1. The molecule has 2 aromatic rings. The second-order valence-corrected chi connectivity index (χ2v) is 9.53. The molecule has 2 atom stereocenters. The maximum Gasteiger partial charge on any atom is 0.308 e. The highest BCUT2D eigenvalue weighted by Crippen LogP contribution is 2.50. The molecule has 0 amide bonds. The average molecular weight is 445 g/mol. The van der Waals surface area contributed by atoms with Crippen LogP contribution in [0.1, 0.15) is 56.2 Å². The van der Waals surface area contributed by atoms with E-state index in [0.717, 1.165) is 16.7 Å². The lowest BCUT2D eigenvalue weighted by Gasteiger charge is -2.51. The van der Waals surface area contributed by atoms with Gasteiger partial charge in [-0.1, -0.05) is 35.9 Å². The zero-order valence-electron chi connectivity index (χ0n) is 17.5. The van der Waals surface area contributed by atoms with E-state index in [1.54, 1.807) is 0 Å². The molecule has 1 spiro atoms. The third-order valence-electron chi connectivity index (χ3n) is 5.65. The average Bonchev–Trinajstić information content (AvgIpc) is 2.62. The van der Waals surface area contributed by atoms with E-state index in [4.69, 9.17) is 33.3 Å². The SMILES string of the molecule is CC(=O)Oc1ccc2c(c1C)OC1(CC2c2ccccc2Cl)CC(C)(C)NC(=S)N1. The van der Waals surface area contributed by atoms with Crippen molar-refractivity contribution in [2.75, 3.05) is 0 Å². The van der Waals surface area contributed by atoms with Crippen molar-refractivity contribution in [3.63, 3.8) is 0 Å². The molecule has 0 aliphatic carbocycles. The standard InChI is InChI=1S/C23H25ClN2O3S/c1-13-19(28-14(2)27)10-9-16-17(15-7-5-6-8-18(15)24)11-23(29-20(13)16)12-22(3,4)25-21(30)26-23/h5-10,17H,11-12H2,1-4H3,(H2,25,26,30). The summed E-state index contributed by atoms with van der Waals surface area (Å²) in [4.78, 5) is 11.6. The van der Waals surface area contributed by atoms with Crippen LogP contribution in [0.4, 0.5) is 0 Å². The minimum Gasteiger partial charge on any atom is -0.467 e. The number of hydrogen-bond acceptors (Lipinski definition) is 4. The van der Waals surface area contributed by atoms with Crippen LogP contribution in [-0.2, 0) is 4.79 Å². The molecule has 4 rings (SSSR count). The summed E-state index contributed by atoms with van der Waals surface area (Å²) in [5.41, 5.74) is 1.88. The van der Waals surface area contributed by atoms with E-state index in [1.807, 2.05) is 37.3 Å². The molecular formula is C23H25ClN2O3S. The highest BCUT2D eigenvalue weighted by Gasteiger charge is 2.49. The Kier molecular flexibility index (Phi) is 5.19. The van der Waals surface area contributed by atoms with Crippen LogP contribution in [0.2, 0.25) is 5.02 Å². The number of carbonyl (C=O) groups excluding carboxylic acids is 1. The Labute approximate surface area is 187 Å². The molecule has 2 N–H and O–H groups in total. The zero-order chi connectivity index (χ0) is 21.7. The zero-order valence-corrected chi connectivity index (χ0v) is 19.0. The number of carbonyl (C=O) groups is 1. The Morgan fingerprint density at radius 1 is 1.20 bits per heavy atom. The van der Waals surface area contributed by atoms with Crippen LogP contribution in [0.15, 0.2) is 36.4 Å². The van der Waals surface area contributed by atoms with Crippen molar-refractivity contribution in [3.8, 4) is 11.5 Å². The molecule has 2 aromatic carbocycles. The predicted octanol–water partition coefficient (Wildman–Crippen LogP) is 4.83. The molecule has 1 saturated heterocycles. The number of nitrogens with one attached hydrogen (secondary N) is 2. The first-order chi connectivity index (χ1) is 14.1. The summed E-state index contributed by atoms with van der Waals surface area (Å²) in [5, 5.41) is 7.96. The number of benzene rings is 2. The highest BCUT2D eigenvalue weighted by atomic mass is 35.5. The van der Waals surface area contributed by atoms with Crippen molar-refractivity contribution in [1.82, 2.24) is 10.6 Å². The normalized spacial score (nSPS) is 24.3. The van der Waals surface area contributed by atoms with Crippen LogP contribution in [0.25, 0.3) is 0 Å².